The molecule has 4 rings (SSSR count). The number of carbonyl (C=O) groups excluding carboxylic acids is 1. The summed E-state index contributed by atoms with van der Waals surface area (Å²) >= 11 is 0. The average Bonchev–Trinajstić information content (AvgIpc) is 3.40. The van der Waals surface area contributed by atoms with Crippen molar-refractivity contribution in [3.8, 4) is 5.75 Å². The molecule has 0 aromatic heterocycles. The molecule has 1 saturated carbocycles. The minimum Gasteiger partial charge on any atom is -0.497 e. The Balaban J connectivity index is 0.000000339. The number of likely N-dealkylation sites (tertiary alicyclic amines) is 1. The number of carboxylic acids is 1. The summed E-state index contributed by atoms with van der Waals surface area (Å²) in [6.07, 6.45) is -0.681. The van der Waals surface area contributed by atoms with Crippen molar-refractivity contribution in [2.75, 3.05) is 20.3 Å². The zero-order chi connectivity index (χ0) is 22.6. The number of fused-ring (bicyclic) bond motifs is 1. The van der Waals surface area contributed by atoms with Gasteiger partial charge in [-0.2, -0.15) is 13.2 Å². The Morgan fingerprint density at radius 2 is 1.87 bits per heavy atom. The summed E-state index contributed by atoms with van der Waals surface area (Å²) in [5.41, 5.74) is 1.25. The molecule has 1 aliphatic carbocycles. The van der Waals surface area contributed by atoms with E-state index in [0.717, 1.165) is 51.1 Å². The van der Waals surface area contributed by atoms with E-state index in [1.807, 2.05) is 12.1 Å². The van der Waals surface area contributed by atoms with Crippen LogP contribution in [-0.4, -0.2) is 66.5 Å². The zero-order valence-electron chi connectivity index (χ0n) is 17.2. The molecule has 3 atom stereocenters. The van der Waals surface area contributed by atoms with Gasteiger partial charge in [0.1, 0.15) is 5.75 Å². The molecule has 1 aromatic carbocycles. The highest BCUT2D eigenvalue weighted by molar-refractivity contribution is 5.79. The van der Waals surface area contributed by atoms with E-state index in [4.69, 9.17) is 19.4 Å². The van der Waals surface area contributed by atoms with Gasteiger partial charge in [-0.25, -0.2) is 4.79 Å². The van der Waals surface area contributed by atoms with Gasteiger partial charge >= 0.3 is 12.1 Å². The maximum absolute atomic E-state index is 12.5. The van der Waals surface area contributed by atoms with Gasteiger partial charge in [0.05, 0.1) is 19.1 Å². The summed E-state index contributed by atoms with van der Waals surface area (Å²) in [5, 5.41) is 10.3. The maximum atomic E-state index is 12.5. The Morgan fingerprint density at radius 1 is 1.23 bits per heavy atom. The number of hydrogen-bond donors (Lipinski definition) is 2. The van der Waals surface area contributed by atoms with Crippen LogP contribution in [0.5, 0.6) is 5.75 Å². The normalized spacial score (nSPS) is 25.7. The van der Waals surface area contributed by atoms with Crippen LogP contribution in [0, 0.1) is 5.92 Å². The molecule has 0 unspecified atom stereocenters. The van der Waals surface area contributed by atoms with Gasteiger partial charge in [-0.05, 0) is 43.4 Å². The van der Waals surface area contributed by atoms with E-state index in [2.05, 4.69) is 22.3 Å². The number of ether oxygens (including phenoxy) is 2. The second-order valence-electron chi connectivity index (χ2n) is 8.06. The van der Waals surface area contributed by atoms with Crippen molar-refractivity contribution in [3.63, 3.8) is 0 Å². The van der Waals surface area contributed by atoms with Crippen LogP contribution in [0.4, 0.5) is 13.2 Å². The number of halogens is 3. The fourth-order valence-corrected chi connectivity index (χ4v) is 3.94. The fourth-order valence-electron chi connectivity index (χ4n) is 3.94. The number of amides is 1. The molecule has 7 nitrogen and oxygen atoms in total. The lowest BCUT2D eigenvalue weighted by Gasteiger charge is -2.40. The number of nitrogens with one attached hydrogen (secondary N) is 1. The zero-order valence-corrected chi connectivity index (χ0v) is 17.2. The first-order valence-electron chi connectivity index (χ1n) is 10.3. The van der Waals surface area contributed by atoms with E-state index < -0.39 is 12.1 Å². The molecule has 1 amide bonds. The Bertz CT molecular complexity index is 767. The van der Waals surface area contributed by atoms with Crippen molar-refractivity contribution in [2.24, 2.45) is 5.92 Å². The first-order valence-corrected chi connectivity index (χ1v) is 10.3. The first-order chi connectivity index (χ1) is 14.7. The first kappa shape index (κ1) is 23.3. The molecule has 31 heavy (non-hydrogen) atoms. The van der Waals surface area contributed by atoms with Crippen molar-refractivity contribution in [2.45, 2.75) is 56.6 Å². The number of aliphatic carboxylic acids is 1. The van der Waals surface area contributed by atoms with Crippen molar-refractivity contribution < 1.29 is 37.3 Å². The van der Waals surface area contributed by atoms with Gasteiger partial charge in [0.25, 0.3) is 0 Å². The van der Waals surface area contributed by atoms with Crippen LogP contribution in [0.2, 0.25) is 0 Å². The van der Waals surface area contributed by atoms with E-state index in [1.165, 1.54) is 5.56 Å². The second-order valence-corrected chi connectivity index (χ2v) is 8.06. The van der Waals surface area contributed by atoms with Crippen LogP contribution in [0.25, 0.3) is 0 Å². The van der Waals surface area contributed by atoms with Crippen molar-refractivity contribution in [1.29, 1.82) is 0 Å². The number of hydrogen-bond acceptors (Lipinski definition) is 5. The van der Waals surface area contributed by atoms with Crippen LogP contribution in [0.3, 0.4) is 0 Å². The van der Waals surface area contributed by atoms with Crippen LogP contribution in [0.15, 0.2) is 24.3 Å². The third-order valence-corrected chi connectivity index (χ3v) is 5.70. The molecule has 0 bridgehead atoms. The predicted molar refractivity (Wildman–Crippen MR) is 105 cm³/mol. The highest BCUT2D eigenvalue weighted by atomic mass is 19.4. The van der Waals surface area contributed by atoms with Gasteiger partial charge in [-0.15, -0.1) is 0 Å². The second kappa shape index (κ2) is 9.86. The topological polar surface area (TPSA) is 88.1 Å². The molecule has 1 aromatic rings. The standard InChI is InChI=1S/C19H26N2O3.C2HF3O2/c1-23-16-6-2-13(3-7-16)11-21-12-14(19(22)20-15-4-5-15)10-18-17(21)8-9-24-18;3-2(4,5)1(6)7/h2-3,6-7,14-15,17-18H,4-5,8-12H2,1H3,(H,20,22);(H,6,7)/t14-,17+,18+;/m0./s1. The minimum atomic E-state index is -5.08. The molecule has 2 N–H and O–H groups in total. The maximum Gasteiger partial charge on any atom is 0.490 e. The molecule has 2 aliphatic heterocycles. The lowest BCUT2D eigenvalue weighted by Crippen LogP contribution is -2.52. The Labute approximate surface area is 178 Å². The van der Waals surface area contributed by atoms with Crippen LogP contribution in [-0.2, 0) is 20.9 Å². The van der Waals surface area contributed by atoms with Gasteiger partial charge in [-0.3, -0.25) is 9.69 Å². The molecule has 3 aliphatic rings. The number of alkyl halides is 3. The van der Waals surface area contributed by atoms with Gasteiger partial charge < -0.3 is 19.9 Å². The summed E-state index contributed by atoms with van der Waals surface area (Å²) in [4.78, 5) is 23.8. The molecule has 0 spiro atoms. The quantitative estimate of drug-likeness (QED) is 0.726. The molecular weight excluding hydrogens is 417 g/mol. The van der Waals surface area contributed by atoms with E-state index in [9.17, 15) is 18.0 Å². The van der Waals surface area contributed by atoms with Gasteiger partial charge in [0.15, 0.2) is 0 Å². The van der Waals surface area contributed by atoms with Crippen LogP contribution in [0.1, 0.15) is 31.2 Å². The lowest BCUT2D eigenvalue weighted by molar-refractivity contribution is -0.192. The summed E-state index contributed by atoms with van der Waals surface area (Å²) < 4.78 is 42.9. The number of methoxy groups -OCH3 is 1. The SMILES string of the molecule is COc1ccc(CN2C[C@@H](C(=O)NC3CC3)C[C@H]3OCC[C@H]32)cc1.O=C(O)C(F)(F)F. The number of nitrogens with zero attached hydrogens (tertiary/aromatic N) is 1. The van der Waals surface area contributed by atoms with Gasteiger partial charge in [0, 0.05) is 31.8 Å². The van der Waals surface area contributed by atoms with Crippen molar-refractivity contribution >= 4 is 11.9 Å². The van der Waals surface area contributed by atoms with E-state index in [1.54, 1.807) is 7.11 Å². The largest absolute Gasteiger partial charge is 0.497 e. The monoisotopic (exact) mass is 444 g/mol. The summed E-state index contributed by atoms with van der Waals surface area (Å²) in [5.74, 6) is -1.62. The summed E-state index contributed by atoms with van der Waals surface area (Å²) in [6.45, 7) is 2.50. The van der Waals surface area contributed by atoms with Crippen LogP contribution < -0.4 is 10.1 Å². The Kier molecular flexibility index (Phi) is 7.42. The van der Waals surface area contributed by atoms with Gasteiger partial charge in [-0.1, -0.05) is 12.1 Å². The number of piperidine rings is 1. The smallest absolute Gasteiger partial charge is 0.490 e. The molecule has 172 valence electrons. The molecule has 2 heterocycles. The molecule has 10 heteroatoms. The number of carboxylic acid groups (broad SMARTS) is 1. The Hall–Kier alpha value is -2.33. The van der Waals surface area contributed by atoms with E-state index >= 15 is 0 Å². The molecule has 0 radical (unpaired) electrons. The Morgan fingerprint density at radius 3 is 2.42 bits per heavy atom. The number of carbonyl (C=O) groups is 2. The third kappa shape index (κ3) is 6.57. The highest BCUT2D eigenvalue weighted by Crippen LogP contribution is 2.33. The third-order valence-electron chi connectivity index (χ3n) is 5.70. The molecule has 3 fully saturated rings. The highest BCUT2D eigenvalue weighted by Gasteiger charge is 2.43. The number of rotatable bonds is 5. The number of benzene rings is 1. The fraction of sp³-hybridized carbons (Fsp3) is 0.619. The predicted octanol–water partition coefficient (Wildman–Crippen LogP) is 2.59. The lowest BCUT2D eigenvalue weighted by atomic mass is 9.89. The molecule has 2 saturated heterocycles. The van der Waals surface area contributed by atoms with E-state index in [-0.39, 0.29) is 17.9 Å². The van der Waals surface area contributed by atoms with Gasteiger partial charge in [0.2, 0.25) is 5.91 Å². The van der Waals surface area contributed by atoms with Crippen LogP contribution >= 0.6 is 0 Å². The summed E-state index contributed by atoms with van der Waals surface area (Å²) in [6, 6.07) is 9.08. The van der Waals surface area contributed by atoms with Crippen molar-refractivity contribution in [1.82, 2.24) is 10.2 Å². The van der Waals surface area contributed by atoms with E-state index in [0.29, 0.717) is 12.1 Å². The summed E-state index contributed by atoms with van der Waals surface area (Å²) in [7, 11) is 1.68. The minimum absolute atomic E-state index is 0.0446. The molecular formula is C21H27F3N2O5. The van der Waals surface area contributed by atoms with Crippen molar-refractivity contribution in [3.05, 3.63) is 29.8 Å². The average molecular weight is 444 g/mol.